The fourth-order valence-electron chi connectivity index (χ4n) is 1.21. The molecule has 0 aliphatic rings. The van der Waals surface area contributed by atoms with Crippen LogP contribution in [-0.2, 0) is 4.74 Å². The summed E-state index contributed by atoms with van der Waals surface area (Å²) in [5.74, 6) is -0.433. The summed E-state index contributed by atoms with van der Waals surface area (Å²) >= 11 is 0. The predicted molar refractivity (Wildman–Crippen MR) is 53.7 cm³/mol. The summed E-state index contributed by atoms with van der Waals surface area (Å²) in [7, 11) is 1.33. The van der Waals surface area contributed by atoms with Gasteiger partial charge < -0.3 is 4.74 Å². The largest absolute Gasteiger partial charge is 0.465 e. The topological polar surface area (TPSA) is 44.1 Å². The number of nitrogens with zero attached hydrogens (tertiary/aromatic N) is 2. The van der Waals surface area contributed by atoms with Gasteiger partial charge in [-0.2, -0.15) is 5.10 Å². The van der Waals surface area contributed by atoms with E-state index in [0.29, 0.717) is 5.56 Å². The highest BCUT2D eigenvalue weighted by Crippen LogP contribution is 2.07. The molecule has 0 fully saturated rings. The molecule has 4 nitrogen and oxygen atoms in total. The lowest BCUT2D eigenvalue weighted by molar-refractivity contribution is 0.0600. The summed E-state index contributed by atoms with van der Waals surface area (Å²) in [6.07, 6.45) is 4.18. The second-order valence-electron chi connectivity index (χ2n) is 2.93. The monoisotopic (exact) mass is 201 g/mol. The normalized spacial score (nSPS) is 9.93. The van der Waals surface area contributed by atoms with Crippen molar-refractivity contribution >= 4 is 5.97 Å². The summed E-state index contributed by atoms with van der Waals surface area (Å²) in [5.41, 5.74) is 1.20. The molecule has 0 atom stereocenters. The Bertz CT molecular complexity index is 462. The molecule has 0 unspecified atom stereocenters. The number of methoxy groups -OCH3 is 1. The summed E-state index contributed by atoms with van der Waals surface area (Å²) in [6, 6.07) is 9.49. The van der Waals surface area contributed by atoms with E-state index < -0.39 is 5.97 Å². The SMILES string of the molecule is COC(=O)c1[c]nn(-c2ccccc2)c1. The van der Waals surface area contributed by atoms with Crippen molar-refractivity contribution in [3.8, 4) is 5.69 Å². The van der Waals surface area contributed by atoms with E-state index in [2.05, 4.69) is 16.0 Å². The molecule has 0 aliphatic carbocycles. The number of aromatic nitrogens is 2. The standard InChI is InChI=1S/C11H9N2O2/c1-15-11(14)9-7-12-13(8-9)10-5-3-2-4-6-10/h2-6,8H,1H3. The van der Waals surface area contributed by atoms with Crippen molar-refractivity contribution in [2.24, 2.45) is 0 Å². The first-order valence-electron chi connectivity index (χ1n) is 4.42. The zero-order chi connectivity index (χ0) is 10.7. The molecule has 2 aromatic rings. The third-order valence-electron chi connectivity index (χ3n) is 1.96. The highest BCUT2D eigenvalue weighted by molar-refractivity contribution is 5.88. The molecule has 1 heterocycles. The van der Waals surface area contributed by atoms with Gasteiger partial charge in [-0.3, -0.25) is 0 Å². The van der Waals surface area contributed by atoms with E-state index in [0.717, 1.165) is 5.69 Å². The number of ether oxygens (including phenoxy) is 1. The number of para-hydroxylation sites is 1. The van der Waals surface area contributed by atoms with E-state index in [1.165, 1.54) is 7.11 Å². The van der Waals surface area contributed by atoms with Crippen LogP contribution in [0.2, 0.25) is 0 Å². The molecule has 15 heavy (non-hydrogen) atoms. The minimum Gasteiger partial charge on any atom is -0.465 e. The maximum atomic E-state index is 11.2. The van der Waals surface area contributed by atoms with Crippen LogP contribution in [-0.4, -0.2) is 22.9 Å². The van der Waals surface area contributed by atoms with E-state index in [4.69, 9.17) is 0 Å². The zero-order valence-electron chi connectivity index (χ0n) is 8.18. The van der Waals surface area contributed by atoms with Crippen molar-refractivity contribution in [1.29, 1.82) is 0 Å². The average molecular weight is 201 g/mol. The summed E-state index contributed by atoms with van der Waals surface area (Å²) < 4.78 is 6.14. The van der Waals surface area contributed by atoms with Gasteiger partial charge in [-0.1, -0.05) is 18.2 Å². The Morgan fingerprint density at radius 1 is 1.40 bits per heavy atom. The van der Waals surface area contributed by atoms with Gasteiger partial charge in [0.1, 0.15) is 11.8 Å². The van der Waals surface area contributed by atoms with Gasteiger partial charge in [0.25, 0.3) is 0 Å². The molecule has 1 aromatic heterocycles. The van der Waals surface area contributed by atoms with Crippen LogP contribution in [0.5, 0.6) is 0 Å². The second kappa shape index (κ2) is 3.96. The Kier molecular flexibility index (Phi) is 2.49. The van der Waals surface area contributed by atoms with Crippen LogP contribution in [0.4, 0.5) is 0 Å². The van der Waals surface area contributed by atoms with Crippen LogP contribution in [0.15, 0.2) is 36.5 Å². The van der Waals surface area contributed by atoms with E-state index in [1.54, 1.807) is 10.9 Å². The van der Waals surface area contributed by atoms with Gasteiger partial charge in [0.2, 0.25) is 0 Å². The van der Waals surface area contributed by atoms with Gasteiger partial charge in [-0.15, -0.1) is 0 Å². The number of rotatable bonds is 2. The number of esters is 1. The molecule has 1 radical (unpaired) electrons. The lowest BCUT2D eigenvalue weighted by Gasteiger charge is -1.98. The minimum absolute atomic E-state index is 0.321. The van der Waals surface area contributed by atoms with Gasteiger partial charge in [-0.05, 0) is 12.1 Å². The molecule has 0 saturated heterocycles. The van der Waals surface area contributed by atoms with Crippen molar-refractivity contribution in [2.45, 2.75) is 0 Å². The van der Waals surface area contributed by atoms with Crippen molar-refractivity contribution < 1.29 is 9.53 Å². The summed E-state index contributed by atoms with van der Waals surface area (Å²) in [5, 5.41) is 3.95. The van der Waals surface area contributed by atoms with Gasteiger partial charge in [-0.25, -0.2) is 9.48 Å². The lowest BCUT2D eigenvalue weighted by Crippen LogP contribution is -1.99. The van der Waals surface area contributed by atoms with Crippen LogP contribution < -0.4 is 0 Å². The smallest absolute Gasteiger partial charge is 0.341 e. The van der Waals surface area contributed by atoms with Gasteiger partial charge in [0.05, 0.1) is 12.8 Å². The minimum atomic E-state index is -0.433. The molecule has 75 valence electrons. The third-order valence-corrected chi connectivity index (χ3v) is 1.96. The quantitative estimate of drug-likeness (QED) is 0.691. The molecule has 2 rings (SSSR count). The first-order chi connectivity index (χ1) is 7.31. The molecule has 0 spiro atoms. The molecule has 0 saturated carbocycles. The second-order valence-corrected chi connectivity index (χ2v) is 2.93. The highest BCUT2D eigenvalue weighted by atomic mass is 16.5. The molecular weight excluding hydrogens is 192 g/mol. The Morgan fingerprint density at radius 2 is 2.13 bits per heavy atom. The average Bonchev–Trinajstić information content (AvgIpc) is 2.78. The predicted octanol–water partition coefficient (Wildman–Crippen LogP) is 1.46. The first kappa shape index (κ1) is 9.45. The van der Waals surface area contributed by atoms with Gasteiger partial charge in [0.15, 0.2) is 0 Å². The molecule has 0 aliphatic heterocycles. The summed E-state index contributed by atoms with van der Waals surface area (Å²) in [4.78, 5) is 11.2. The summed E-state index contributed by atoms with van der Waals surface area (Å²) in [6.45, 7) is 0. The van der Waals surface area contributed by atoms with E-state index in [1.807, 2.05) is 30.3 Å². The molecule has 4 heteroatoms. The molecule has 0 bridgehead atoms. The fourth-order valence-corrected chi connectivity index (χ4v) is 1.21. The maximum Gasteiger partial charge on any atom is 0.341 e. The third kappa shape index (κ3) is 1.88. The van der Waals surface area contributed by atoms with Crippen LogP contribution in [0.1, 0.15) is 10.4 Å². The molecule has 1 aromatic carbocycles. The number of benzene rings is 1. The maximum absolute atomic E-state index is 11.2. The number of carbonyl (C=O) groups excluding carboxylic acids is 1. The van der Waals surface area contributed by atoms with Crippen LogP contribution in [0.25, 0.3) is 5.69 Å². The van der Waals surface area contributed by atoms with Crippen molar-refractivity contribution in [2.75, 3.05) is 7.11 Å². The molecule has 0 N–H and O–H groups in total. The van der Waals surface area contributed by atoms with Gasteiger partial charge in [0, 0.05) is 6.20 Å². The Hall–Kier alpha value is -2.10. The zero-order valence-corrected chi connectivity index (χ0v) is 8.18. The van der Waals surface area contributed by atoms with Crippen molar-refractivity contribution in [3.05, 3.63) is 48.3 Å². The first-order valence-corrected chi connectivity index (χ1v) is 4.42. The van der Waals surface area contributed by atoms with Crippen LogP contribution >= 0.6 is 0 Å². The number of hydrogen-bond acceptors (Lipinski definition) is 3. The Balaban J connectivity index is 2.32. The fraction of sp³-hybridized carbons (Fsp3) is 0.0909. The van der Waals surface area contributed by atoms with Crippen molar-refractivity contribution in [3.63, 3.8) is 0 Å². The molecule has 0 amide bonds. The van der Waals surface area contributed by atoms with E-state index in [9.17, 15) is 4.79 Å². The van der Waals surface area contributed by atoms with Gasteiger partial charge >= 0.3 is 5.97 Å². The number of carbonyl (C=O) groups is 1. The Morgan fingerprint density at radius 3 is 2.80 bits per heavy atom. The number of hydrogen-bond donors (Lipinski definition) is 0. The van der Waals surface area contributed by atoms with Crippen LogP contribution in [0, 0.1) is 6.20 Å². The van der Waals surface area contributed by atoms with E-state index in [-0.39, 0.29) is 0 Å². The lowest BCUT2D eigenvalue weighted by atomic mass is 10.3. The molecular formula is C11H9N2O2. The highest BCUT2D eigenvalue weighted by Gasteiger charge is 2.09. The van der Waals surface area contributed by atoms with Crippen LogP contribution in [0.3, 0.4) is 0 Å². The van der Waals surface area contributed by atoms with Crippen molar-refractivity contribution in [1.82, 2.24) is 9.78 Å². The Labute approximate surface area is 87.1 Å². The van der Waals surface area contributed by atoms with E-state index >= 15 is 0 Å².